The van der Waals surface area contributed by atoms with Crippen LogP contribution in [0, 0.1) is 11.6 Å². The Morgan fingerprint density at radius 1 is 1.02 bits per heavy atom. The average molecular weight is 564 g/mol. The molecule has 0 aliphatic rings. The van der Waals surface area contributed by atoms with Gasteiger partial charge in [0.15, 0.2) is 9.84 Å². The van der Waals surface area contributed by atoms with E-state index in [2.05, 4.69) is 10.3 Å². The van der Waals surface area contributed by atoms with E-state index in [0.29, 0.717) is 27.8 Å². The van der Waals surface area contributed by atoms with Crippen LogP contribution in [0.2, 0.25) is 0 Å². The molecule has 5 rings (SSSR count). The van der Waals surface area contributed by atoms with E-state index >= 15 is 0 Å². The Labute approximate surface area is 227 Å². The Hall–Kier alpha value is -4.77. The second kappa shape index (κ2) is 10.4. The minimum absolute atomic E-state index is 0.0635. The molecule has 0 radical (unpaired) electrons. The molecule has 2 aromatic heterocycles. The van der Waals surface area contributed by atoms with Gasteiger partial charge in [0.05, 0.1) is 4.90 Å². The highest BCUT2D eigenvalue weighted by Gasteiger charge is 2.19. The summed E-state index contributed by atoms with van der Waals surface area (Å²) in [6.45, 7) is -0.146. The van der Waals surface area contributed by atoms with Crippen molar-refractivity contribution in [3.63, 3.8) is 0 Å². The van der Waals surface area contributed by atoms with Gasteiger partial charge in [0.2, 0.25) is 0 Å². The number of nitrogens with zero attached hydrogens (tertiary/aromatic N) is 1. The molecule has 5 aromatic rings. The van der Waals surface area contributed by atoms with Gasteiger partial charge in [-0.15, -0.1) is 0 Å². The number of aromatic nitrogens is 2. The number of hydrogen-bond acceptors (Lipinski definition) is 5. The van der Waals surface area contributed by atoms with E-state index in [1.165, 1.54) is 34.9 Å². The van der Waals surface area contributed by atoms with Crippen LogP contribution in [0.15, 0.2) is 88.8 Å². The third-order valence-electron chi connectivity index (χ3n) is 6.34. The maximum atomic E-state index is 13.9. The molecule has 0 saturated heterocycles. The van der Waals surface area contributed by atoms with Crippen LogP contribution in [0.3, 0.4) is 0 Å². The first-order valence-electron chi connectivity index (χ1n) is 12.0. The number of fused-ring (bicyclic) bond motifs is 1. The molecule has 1 amide bonds. The van der Waals surface area contributed by atoms with Crippen LogP contribution < -0.4 is 15.6 Å². The third kappa shape index (κ3) is 5.36. The summed E-state index contributed by atoms with van der Waals surface area (Å²) >= 11 is 0. The van der Waals surface area contributed by atoms with Crippen molar-refractivity contribution in [2.75, 3.05) is 6.26 Å². The van der Waals surface area contributed by atoms with Crippen LogP contribution >= 0.6 is 0 Å². The number of sulfone groups is 1. The Morgan fingerprint density at radius 3 is 2.58 bits per heavy atom. The van der Waals surface area contributed by atoms with E-state index < -0.39 is 27.4 Å². The first-order valence-corrected chi connectivity index (χ1v) is 13.9. The van der Waals surface area contributed by atoms with Gasteiger partial charge in [-0.25, -0.2) is 17.2 Å². The molecule has 2 heterocycles. The summed E-state index contributed by atoms with van der Waals surface area (Å²) in [5.41, 5.74) is 1.45. The Kier molecular flexibility index (Phi) is 6.99. The largest absolute Gasteiger partial charge is 0.457 e. The van der Waals surface area contributed by atoms with Gasteiger partial charge in [0, 0.05) is 65.9 Å². The number of pyridine rings is 1. The van der Waals surface area contributed by atoms with Crippen molar-refractivity contribution in [1.29, 1.82) is 0 Å². The Morgan fingerprint density at radius 2 is 1.82 bits per heavy atom. The molecule has 40 heavy (non-hydrogen) atoms. The summed E-state index contributed by atoms with van der Waals surface area (Å²) in [6, 6.07) is 15.5. The van der Waals surface area contributed by atoms with Crippen molar-refractivity contribution in [3.8, 4) is 22.6 Å². The van der Waals surface area contributed by atoms with E-state index in [-0.39, 0.29) is 33.9 Å². The molecular formula is C29H23F2N3O5S. The quantitative estimate of drug-likeness (QED) is 0.292. The predicted molar refractivity (Wildman–Crippen MR) is 146 cm³/mol. The zero-order chi connectivity index (χ0) is 28.6. The Balaban J connectivity index is 1.49. The molecule has 0 aliphatic heterocycles. The number of carbonyl (C=O) groups excluding carboxylic acids is 1. The smallest absolute Gasteiger partial charge is 0.274 e. The summed E-state index contributed by atoms with van der Waals surface area (Å²) in [5.74, 6) is -1.41. The van der Waals surface area contributed by atoms with E-state index in [1.54, 1.807) is 43.7 Å². The van der Waals surface area contributed by atoms with Gasteiger partial charge in [0.25, 0.3) is 11.5 Å². The fourth-order valence-corrected chi connectivity index (χ4v) is 4.94. The lowest BCUT2D eigenvalue weighted by molar-refractivity contribution is 0.0950. The van der Waals surface area contributed by atoms with Gasteiger partial charge in [-0.3, -0.25) is 9.59 Å². The lowest BCUT2D eigenvalue weighted by Crippen LogP contribution is -2.23. The molecule has 204 valence electrons. The minimum Gasteiger partial charge on any atom is -0.457 e. The Bertz CT molecular complexity index is 1950. The lowest BCUT2D eigenvalue weighted by Gasteiger charge is -2.15. The summed E-state index contributed by atoms with van der Waals surface area (Å²) in [4.78, 5) is 28.3. The van der Waals surface area contributed by atoms with Crippen LogP contribution in [0.25, 0.3) is 22.0 Å². The molecule has 0 aliphatic carbocycles. The number of carbonyl (C=O) groups is 1. The van der Waals surface area contributed by atoms with Gasteiger partial charge in [-0.05, 0) is 48.5 Å². The van der Waals surface area contributed by atoms with Crippen LogP contribution in [0.4, 0.5) is 8.78 Å². The standard InChI is InChI=1S/C29H23F2N3O5S/c1-34-16-24(22-10-11-32-27(22)29(34)36)23-14-21(40(2,37)38)8-9-26(23)39-20-5-3-4-17(12-20)28(35)33-15-18-6-7-19(30)13-25(18)31/h3-14,16,32H,15H2,1-2H3,(H,33,35). The van der Waals surface area contributed by atoms with Crippen LogP contribution in [0.1, 0.15) is 15.9 Å². The van der Waals surface area contributed by atoms with E-state index in [9.17, 15) is 26.8 Å². The lowest BCUT2D eigenvalue weighted by atomic mass is 10.0. The summed E-state index contributed by atoms with van der Waals surface area (Å²) in [5, 5.41) is 3.18. The third-order valence-corrected chi connectivity index (χ3v) is 7.45. The van der Waals surface area contributed by atoms with Crippen molar-refractivity contribution < 1.29 is 26.7 Å². The fraction of sp³-hybridized carbons (Fsp3) is 0.103. The molecule has 3 aromatic carbocycles. The molecule has 0 atom stereocenters. The highest BCUT2D eigenvalue weighted by Crippen LogP contribution is 2.38. The van der Waals surface area contributed by atoms with Crippen molar-refractivity contribution in [3.05, 3.63) is 112 Å². The monoisotopic (exact) mass is 563 g/mol. The number of aromatic amines is 1. The number of halogens is 2. The molecule has 0 spiro atoms. The van der Waals surface area contributed by atoms with Crippen molar-refractivity contribution in [1.82, 2.24) is 14.9 Å². The molecule has 0 bridgehead atoms. The molecule has 0 saturated carbocycles. The number of nitrogens with one attached hydrogen (secondary N) is 2. The zero-order valence-corrected chi connectivity index (χ0v) is 22.2. The van der Waals surface area contributed by atoms with Crippen LogP contribution in [-0.4, -0.2) is 30.1 Å². The molecular weight excluding hydrogens is 540 g/mol. The topological polar surface area (TPSA) is 110 Å². The van der Waals surface area contributed by atoms with Crippen LogP contribution in [0.5, 0.6) is 11.5 Å². The highest BCUT2D eigenvalue weighted by atomic mass is 32.2. The van der Waals surface area contributed by atoms with E-state index in [1.807, 2.05) is 0 Å². The van der Waals surface area contributed by atoms with Gasteiger partial charge >= 0.3 is 0 Å². The van der Waals surface area contributed by atoms with Crippen molar-refractivity contribution in [2.24, 2.45) is 7.05 Å². The van der Waals surface area contributed by atoms with Gasteiger partial charge in [0.1, 0.15) is 28.7 Å². The first-order chi connectivity index (χ1) is 19.0. The predicted octanol–water partition coefficient (Wildman–Crippen LogP) is 4.94. The minimum atomic E-state index is -3.57. The van der Waals surface area contributed by atoms with Gasteiger partial charge < -0.3 is 19.6 Å². The second-order valence-corrected chi connectivity index (χ2v) is 11.2. The van der Waals surface area contributed by atoms with E-state index in [0.717, 1.165) is 18.4 Å². The number of aryl methyl sites for hydroxylation is 1. The maximum absolute atomic E-state index is 13.9. The number of hydrogen-bond donors (Lipinski definition) is 2. The van der Waals surface area contributed by atoms with E-state index in [4.69, 9.17) is 4.74 Å². The number of amides is 1. The van der Waals surface area contributed by atoms with Crippen molar-refractivity contribution in [2.45, 2.75) is 11.4 Å². The SMILES string of the molecule is Cn1cc(-c2cc(S(C)(=O)=O)ccc2Oc2cccc(C(=O)NCc3ccc(F)cc3F)c2)c2cc[nH]c2c1=O. The summed E-state index contributed by atoms with van der Waals surface area (Å²) in [7, 11) is -1.98. The number of H-pyrrole nitrogens is 1. The number of ether oxygens (including phenoxy) is 1. The normalized spacial score (nSPS) is 11.5. The molecule has 0 fully saturated rings. The number of rotatable bonds is 7. The molecule has 0 unspecified atom stereocenters. The zero-order valence-electron chi connectivity index (χ0n) is 21.4. The van der Waals surface area contributed by atoms with Gasteiger partial charge in [-0.1, -0.05) is 12.1 Å². The van der Waals surface area contributed by atoms with Gasteiger partial charge in [-0.2, -0.15) is 0 Å². The summed E-state index contributed by atoms with van der Waals surface area (Å²) < 4.78 is 59.3. The number of benzene rings is 3. The highest BCUT2D eigenvalue weighted by molar-refractivity contribution is 7.90. The molecule has 2 N–H and O–H groups in total. The van der Waals surface area contributed by atoms with Crippen LogP contribution in [-0.2, 0) is 23.4 Å². The second-order valence-electron chi connectivity index (χ2n) is 9.20. The summed E-state index contributed by atoms with van der Waals surface area (Å²) in [6.07, 6.45) is 4.32. The van der Waals surface area contributed by atoms with Crippen molar-refractivity contribution >= 4 is 26.6 Å². The average Bonchev–Trinajstić information content (AvgIpc) is 3.40. The molecule has 11 heteroatoms. The first kappa shape index (κ1) is 26.8. The maximum Gasteiger partial charge on any atom is 0.274 e. The fourth-order valence-electron chi connectivity index (χ4n) is 4.29. The molecule has 8 nitrogen and oxygen atoms in total.